The number of carbonyl (C=O) groups is 2. The number of aromatic nitrogens is 1. The lowest BCUT2D eigenvalue weighted by molar-refractivity contribution is -0.160. The van der Waals surface area contributed by atoms with Crippen LogP contribution in [0.25, 0.3) is 0 Å². The lowest BCUT2D eigenvalue weighted by Gasteiger charge is -2.23. The minimum absolute atomic E-state index is 0.0814. The van der Waals surface area contributed by atoms with Gasteiger partial charge in [0.25, 0.3) is 5.91 Å². The number of hydrogen-bond donors (Lipinski definition) is 1. The molecule has 4 rings (SSSR count). The maximum absolute atomic E-state index is 12.8. The molecule has 0 saturated heterocycles. The molecule has 1 aromatic heterocycles. The molecule has 2 aromatic rings. The molecule has 2 aliphatic carbocycles. The predicted octanol–water partition coefficient (Wildman–Crippen LogP) is 3.64. The highest BCUT2D eigenvalue weighted by Crippen LogP contribution is 2.49. The van der Waals surface area contributed by atoms with E-state index in [-0.39, 0.29) is 11.9 Å². The van der Waals surface area contributed by atoms with Crippen molar-refractivity contribution in [2.75, 3.05) is 5.32 Å². The summed E-state index contributed by atoms with van der Waals surface area (Å²) in [4.78, 5) is 25.5. The number of benzene rings is 1. The van der Waals surface area contributed by atoms with Crippen LogP contribution in [-0.4, -0.2) is 17.0 Å². The monoisotopic (exact) mass is 354 g/mol. The zero-order valence-corrected chi connectivity index (χ0v) is 14.7. The van der Waals surface area contributed by atoms with Crippen molar-refractivity contribution in [3.8, 4) is 0 Å². The average molecular weight is 354 g/mol. The van der Waals surface area contributed by atoms with Gasteiger partial charge in [-0.1, -0.05) is 41.9 Å². The van der Waals surface area contributed by atoms with Crippen molar-refractivity contribution in [1.82, 2.24) is 5.16 Å². The number of amides is 1. The topological polar surface area (TPSA) is 81.4 Å². The molecule has 0 radical (unpaired) electrons. The van der Waals surface area contributed by atoms with E-state index >= 15 is 0 Å². The summed E-state index contributed by atoms with van der Waals surface area (Å²) < 4.78 is 10.7. The summed E-state index contributed by atoms with van der Waals surface area (Å²) in [5.41, 5.74) is 0.640. The first-order valence-corrected chi connectivity index (χ1v) is 9.10. The van der Waals surface area contributed by atoms with Gasteiger partial charge in [0.1, 0.15) is 5.76 Å². The van der Waals surface area contributed by atoms with Crippen molar-refractivity contribution in [1.29, 1.82) is 0 Å². The fraction of sp³-hybridized carbons (Fsp3) is 0.450. The van der Waals surface area contributed by atoms with Crippen LogP contribution in [0, 0.1) is 24.7 Å². The molecule has 1 N–H and O–H groups in total. The van der Waals surface area contributed by atoms with Crippen molar-refractivity contribution in [2.45, 2.75) is 38.7 Å². The van der Waals surface area contributed by atoms with Gasteiger partial charge in [0.15, 0.2) is 5.82 Å². The maximum atomic E-state index is 12.8. The van der Waals surface area contributed by atoms with Crippen LogP contribution in [0.2, 0.25) is 0 Å². The van der Waals surface area contributed by atoms with Crippen molar-refractivity contribution in [3.63, 3.8) is 0 Å². The zero-order valence-electron chi connectivity index (χ0n) is 14.7. The van der Waals surface area contributed by atoms with Gasteiger partial charge < -0.3 is 14.6 Å². The number of rotatable bonds is 5. The van der Waals surface area contributed by atoms with Gasteiger partial charge >= 0.3 is 5.97 Å². The second kappa shape index (κ2) is 6.94. The van der Waals surface area contributed by atoms with Crippen molar-refractivity contribution >= 4 is 17.7 Å². The molecule has 2 fully saturated rings. The maximum Gasteiger partial charge on any atom is 0.310 e. The fourth-order valence-electron chi connectivity index (χ4n) is 4.25. The van der Waals surface area contributed by atoms with Crippen LogP contribution in [0.5, 0.6) is 0 Å². The molecular formula is C20H22N2O4. The number of anilines is 1. The first-order valence-electron chi connectivity index (χ1n) is 9.10. The number of esters is 1. The van der Waals surface area contributed by atoms with Crippen molar-refractivity contribution < 1.29 is 18.8 Å². The normalized spacial score (nSPS) is 25.0. The second-order valence-corrected chi connectivity index (χ2v) is 7.32. The van der Waals surface area contributed by atoms with Crippen molar-refractivity contribution in [3.05, 3.63) is 47.7 Å². The first-order chi connectivity index (χ1) is 12.6. The lowest BCUT2D eigenvalue weighted by Crippen LogP contribution is -2.30. The van der Waals surface area contributed by atoms with E-state index in [9.17, 15) is 9.59 Å². The molecule has 0 unspecified atom stereocenters. The Labute approximate surface area is 151 Å². The van der Waals surface area contributed by atoms with Crippen molar-refractivity contribution in [2.24, 2.45) is 17.8 Å². The highest BCUT2D eigenvalue weighted by molar-refractivity contribution is 5.95. The number of nitrogens with zero attached hydrogens (tertiary/aromatic N) is 1. The number of ether oxygens (including phenoxy) is 1. The van der Waals surface area contributed by atoms with Crippen LogP contribution >= 0.6 is 0 Å². The van der Waals surface area contributed by atoms with E-state index in [0.29, 0.717) is 29.0 Å². The van der Waals surface area contributed by atoms with Crippen LogP contribution in [0.3, 0.4) is 0 Å². The third-order valence-corrected chi connectivity index (χ3v) is 5.49. The smallest absolute Gasteiger partial charge is 0.310 e. The number of hydrogen-bond acceptors (Lipinski definition) is 5. The Balaban J connectivity index is 1.51. The Bertz CT molecular complexity index is 801. The van der Waals surface area contributed by atoms with Gasteiger partial charge in [-0.2, -0.15) is 0 Å². The van der Waals surface area contributed by atoms with Gasteiger partial charge in [-0.3, -0.25) is 9.59 Å². The summed E-state index contributed by atoms with van der Waals surface area (Å²) in [5.74, 6) is 1.17. The average Bonchev–Trinajstić information content (AvgIpc) is 3.37. The third kappa shape index (κ3) is 3.36. The Morgan fingerprint density at radius 3 is 2.65 bits per heavy atom. The standard InChI is InChI=1S/C20H22N2O4/c1-12-9-17(22-26-12)21-19(23)18(14-5-3-2-4-6-14)25-20(24)16-11-13-7-8-15(16)10-13/h2-6,9,13,15-16,18H,7-8,10-11H2,1H3,(H,21,22,23)/t13-,15-,16+,18+/m0/s1. The van der Waals surface area contributed by atoms with Crippen LogP contribution < -0.4 is 5.32 Å². The molecule has 2 saturated carbocycles. The van der Waals surface area contributed by atoms with E-state index < -0.39 is 12.0 Å². The highest BCUT2D eigenvalue weighted by atomic mass is 16.5. The quantitative estimate of drug-likeness (QED) is 0.829. The Morgan fingerprint density at radius 2 is 2.04 bits per heavy atom. The molecule has 6 nitrogen and oxygen atoms in total. The largest absolute Gasteiger partial charge is 0.447 e. The predicted molar refractivity (Wildman–Crippen MR) is 94.1 cm³/mol. The molecule has 136 valence electrons. The zero-order chi connectivity index (χ0) is 18.1. The van der Waals surface area contributed by atoms with Gasteiger partial charge in [-0.15, -0.1) is 0 Å². The molecule has 1 amide bonds. The molecule has 0 aliphatic heterocycles. The molecule has 2 bridgehead atoms. The molecule has 2 aliphatic rings. The molecular weight excluding hydrogens is 332 g/mol. The molecule has 1 aromatic carbocycles. The molecule has 0 spiro atoms. The third-order valence-electron chi connectivity index (χ3n) is 5.49. The minimum atomic E-state index is -1.00. The van der Waals surface area contributed by atoms with Crippen LogP contribution in [0.15, 0.2) is 40.9 Å². The van der Waals surface area contributed by atoms with E-state index in [1.54, 1.807) is 25.1 Å². The molecule has 6 heteroatoms. The van der Waals surface area contributed by atoms with Gasteiger partial charge in [0.05, 0.1) is 5.92 Å². The highest BCUT2D eigenvalue weighted by Gasteiger charge is 2.45. The first kappa shape index (κ1) is 16.8. The minimum Gasteiger partial charge on any atom is -0.447 e. The van der Waals surface area contributed by atoms with Gasteiger partial charge in [0.2, 0.25) is 6.10 Å². The summed E-state index contributed by atoms with van der Waals surface area (Å²) >= 11 is 0. The van der Waals surface area contributed by atoms with Crippen LogP contribution in [0.1, 0.15) is 43.1 Å². The number of aryl methyl sites for hydroxylation is 1. The van der Waals surface area contributed by atoms with E-state index in [0.717, 1.165) is 19.3 Å². The fourth-order valence-corrected chi connectivity index (χ4v) is 4.25. The van der Waals surface area contributed by atoms with Gasteiger partial charge in [-0.25, -0.2) is 0 Å². The number of nitrogens with one attached hydrogen (secondary N) is 1. The van der Waals surface area contributed by atoms with Gasteiger partial charge in [-0.05, 0) is 38.0 Å². The van der Waals surface area contributed by atoms with E-state index in [1.807, 2.05) is 18.2 Å². The summed E-state index contributed by atoms with van der Waals surface area (Å²) in [6.45, 7) is 1.74. The molecule has 26 heavy (non-hydrogen) atoms. The van der Waals surface area contributed by atoms with Crippen LogP contribution in [0.4, 0.5) is 5.82 Å². The Hall–Kier alpha value is -2.63. The van der Waals surface area contributed by atoms with Crippen LogP contribution in [-0.2, 0) is 14.3 Å². The lowest BCUT2D eigenvalue weighted by atomic mass is 9.89. The SMILES string of the molecule is Cc1cc(NC(=O)[C@H](OC(=O)[C@@H]2C[C@H]3CC[C@H]2C3)c2ccccc2)no1. The molecule has 1 heterocycles. The summed E-state index contributed by atoms with van der Waals surface area (Å²) in [6.07, 6.45) is 3.29. The summed E-state index contributed by atoms with van der Waals surface area (Å²) in [5, 5.41) is 6.44. The number of carbonyl (C=O) groups excluding carboxylic acids is 2. The van der Waals surface area contributed by atoms with E-state index in [2.05, 4.69) is 10.5 Å². The second-order valence-electron chi connectivity index (χ2n) is 7.32. The molecule has 4 atom stereocenters. The van der Waals surface area contributed by atoms with E-state index in [1.165, 1.54) is 6.42 Å². The summed E-state index contributed by atoms with van der Waals surface area (Å²) in [6, 6.07) is 10.7. The van der Waals surface area contributed by atoms with E-state index in [4.69, 9.17) is 9.26 Å². The Kier molecular flexibility index (Phi) is 4.49. The summed E-state index contributed by atoms with van der Waals surface area (Å²) in [7, 11) is 0. The number of fused-ring (bicyclic) bond motifs is 2. The van der Waals surface area contributed by atoms with Gasteiger partial charge in [0, 0.05) is 11.6 Å². The Morgan fingerprint density at radius 1 is 1.23 bits per heavy atom.